The number of hydrogen-bond donors (Lipinski definition) is 0. The van der Waals surface area contributed by atoms with Crippen molar-refractivity contribution in [2.24, 2.45) is 5.92 Å². The standard InChI is InChI=1S/C11H20BF3NO2/c1-18-11(17)4-2-3-10-5-7-16(8-6-10)9-12(13,14)15/h10H,2-9H2,1H3/q-1. The van der Waals surface area contributed by atoms with Crippen molar-refractivity contribution in [3.63, 3.8) is 0 Å². The lowest BCUT2D eigenvalue weighted by molar-refractivity contribution is -0.140. The van der Waals surface area contributed by atoms with E-state index in [1.807, 2.05) is 0 Å². The monoisotopic (exact) mass is 266 g/mol. The van der Waals surface area contributed by atoms with Gasteiger partial charge in [-0.2, -0.15) is 0 Å². The molecule has 7 heteroatoms. The summed E-state index contributed by atoms with van der Waals surface area (Å²) >= 11 is 0. The van der Waals surface area contributed by atoms with Crippen LogP contribution in [0.5, 0.6) is 0 Å². The largest absolute Gasteiger partial charge is 0.492 e. The number of esters is 1. The molecule has 0 bridgehead atoms. The first kappa shape index (κ1) is 15.3. The molecule has 0 saturated carbocycles. The van der Waals surface area contributed by atoms with Gasteiger partial charge < -0.3 is 22.6 Å². The summed E-state index contributed by atoms with van der Waals surface area (Å²) in [6.45, 7) is -3.67. The van der Waals surface area contributed by atoms with Crippen molar-refractivity contribution in [2.45, 2.75) is 32.1 Å². The van der Waals surface area contributed by atoms with Gasteiger partial charge in [-0.15, -0.1) is 0 Å². The molecule has 1 rings (SSSR count). The first-order valence-electron chi connectivity index (χ1n) is 6.41. The molecular formula is C11H20BF3NO2-. The van der Waals surface area contributed by atoms with Crippen LogP contribution in [0.15, 0.2) is 0 Å². The third-order valence-electron chi connectivity index (χ3n) is 3.39. The maximum absolute atomic E-state index is 12.2. The van der Waals surface area contributed by atoms with Crippen molar-refractivity contribution in [3.8, 4) is 0 Å². The molecule has 0 aromatic heterocycles. The number of rotatable bonds is 6. The van der Waals surface area contributed by atoms with E-state index >= 15 is 0 Å². The molecule has 0 spiro atoms. The first-order chi connectivity index (χ1) is 8.40. The maximum atomic E-state index is 12.2. The second-order valence-corrected chi connectivity index (χ2v) is 4.92. The Morgan fingerprint density at radius 3 is 2.44 bits per heavy atom. The maximum Gasteiger partial charge on any atom is 0.492 e. The fourth-order valence-electron chi connectivity index (χ4n) is 2.39. The van der Waals surface area contributed by atoms with Crippen molar-refractivity contribution in [3.05, 3.63) is 0 Å². The van der Waals surface area contributed by atoms with E-state index in [9.17, 15) is 17.7 Å². The summed E-state index contributed by atoms with van der Waals surface area (Å²) in [5, 5.41) is 0. The lowest BCUT2D eigenvalue weighted by atomic mass is 9.87. The fraction of sp³-hybridized carbons (Fsp3) is 0.909. The highest BCUT2D eigenvalue weighted by Gasteiger charge is 2.28. The summed E-state index contributed by atoms with van der Waals surface area (Å²) in [6.07, 6.45) is 2.93. The van der Waals surface area contributed by atoms with Crippen molar-refractivity contribution in [2.75, 3.05) is 26.6 Å². The van der Waals surface area contributed by atoms with Gasteiger partial charge in [-0.3, -0.25) is 4.79 Å². The molecule has 0 aromatic carbocycles. The molecule has 18 heavy (non-hydrogen) atoms. The Balaban J connectivity index is 2.14. The summed E-state index contributed by atoms with van der Waals surface area (Å²) in [7, 11) is 1.36. The van der Waals surface area contributed by atoms with Gasteiger partial charge in [0.1, 0.15) is 0 Å². The molecular weight excluding hydrogens is 246 g/mol. The molecule has 1 aliphatic rings. The average molecular weight is 266 g/mol. The number of nitrogens with zero attached hydrogens (tertiary/aromatic N) is 1. The topological polar surface area (TPSA) is 29.5 Å². The minimum atomic E-state index is -4.71. The molecule has 0 amide bonds. The highest BCUT2D eigenvalue weighted by atomic mass is 19.4. The number of piperidine rings is 1. The van der Waals surface area contributed by atoms with Crippen LogP contribution in [0.2, 0.25) is 0 Å². The van der Waals surface area contributed by atoms with Crippen LogP contribution >= 0.6 is 0 Å². The van der Waals surface area contributed by atoms with E-state index in [1.54, 1.807) is 0 Å². The van der Waals surface area contributed by atoms with Crippen LogP contribution in [-0.2, 0) is 9.53 Å². The zero-order valence-electron chi connectivity index (χ0n) is 10.7. The van der Waals surface area contributed by atoms with E-state index in [-0.39, 0.29) is 5.97 Å². The van der Waals surface area contributed by atoms with E-state index in [0.717, 1.165) is 25.7 Å². The molecule has 3 nitrogen and oxygen atoms in total. The summed E-state index contributed by atoms with van der Waals surface area (Å²) in [5.74, 6) is 0.235. The molecule has 0 N–H and O–H groups in total. The number of carbonyl (C=O) groups excluding carboxylic acids is 1. The van der Waals surface area contributed by atoms with Gasteiger partial charge in [-0.05, 0) is 51.1 Å². The number of methoxy groups -OCH3 is 1. The zero-order chi connectivity index (χ0) is 13.6. The number of hydrogen-bond acceptors (Lipinski definition) is 3. The van der Waals surface area contributed by atoms with E-state index in [4.69, 9.17) is 0 Å². The van der Waals surface area contributed by atoms with Crippen LogP contribution in [-0.4, -0.2) is 44.5 Å². The Bertz CT molecular complexity index is 266. The predicted octanol–water partition coefficient (Wildman–Crippen LogP) is 2.43. The Morgan fingerprint density at radius 2 is 1.94 bits per heavy atom. The van der Waals surface area contributed by atoms with Crippen LogP contribution in [0.25, 0.3) is 0 Å². The van der Waals surface area contributed by atoms with Crippen LogP contribution in [0, 0.1) is 5.92 Å². The molecule has 0 aromatic rings. The van der Waals surface area contributed by atoms with Gasteiger partial charge in [0.2, 0.25) is 0 Å². The van der Waals surface area contributed by atoms with Gasteiger partial charge in [-0.1, -0.05) is 0 Å². The number of ether oxygens (including phenoxy) is 1. The molecule has 1 fully saturated rings. The quantitative estimate of drug-likeness (QED) is 0.546. The first-order valence-corrected chi connectivity index (χ1v) is 6.41. The van der Waals surface area contributed by atoms with Crippen LogP contribution in [0.1, 0.15) is 32.1 Å². The molecule has 0 unspecified atom stereocenters. The van der Waals surface area contributed by atoms with Gasteiger partial charge in [0, 0.05) is 6.42 Å². The third-order valence-corrected chi connectivity index (χ3v) is 3.39. The molecule has 106 valence electrons. The molecule has 0 aliphatic carbocycles. The van der Waals surface area contributed by atoms with E-state index < -0.39 is 13.4 Å². The van der Waals surface area contributed by atoms with Gasteiger partial charge >= 0.3 is 12.9 Å². The van der Waals surface area contributed by atoms with Crippen molar-refractivity contribution in [1.29, 1.82) is 0 Å². The summed E-state index contributed by atoms with van der Waals surface area (Å²) < 4.78 is 41.3. The summed E-state index contributed by atoms with van der Waals surface area (Å²) in [5.41, 5.74) is 0. The molecule has 1 saturated heterocycles. The lowest BCUT2D eigenvalue weighted by Gasteiger charge is -2.34. The Morgan fingerprint density at radius 1 is 1.33 bits per heavy atom. The predicted molar refractivity (Wildman–Crippen MR) is 64.1 cm³/mol. The average Bonchev–Trinajstić information content (AvgIpc) is 2.29. The van der Waals surface area contributed by atoms with Crippen LogP contribution < -0.4 is 0 Å². The minimum Gasteiger partial charge on any atom is -0.469 e. The molecule has 1 heterocycles. The molecule has 0 atom stereocenters. The molecule has 0 radical (unpaired) electrons. The van der Waals surface area contributed by atoms with Crippen molar-refractivity contribution >= 4 is 12.9 Å². The number of carbonyl (C=O) groups is 1. The van der Waals surface area contributed by atoms with Crippen molar-refractivity contribution in [1.82, 2.24) is 4.90 Å². The van der Waals surface area contributed by atoms with E-state index in [0.29, 0.717) is 25.4 Å². The second kappa shape index (κ2) is 7.02. The molecule has 1 aliphatic heterocycles. The van der Waals surface area contributed by atoms with Gasteiger partial charge in [0.25, 0.3) is 0 Å². The van der Waals surface area contributed by atoms with Crippen molar-refractivity contribution < 1.29 is 22.5 Å². The minimum absolute atomic E-state index is 0.216. The zero-order valence-corrected chi connectivity index (χ0v) is 10.7. The Hall–Kier alpha value is -0.715. The highest BCUT2D eigenvalue weighted by Crippen LogP contribution is 2.24. The third kappa shape index (κ3) is 6.28. The summed E-state index contributed by atoms with van der Waals surface area (Å²) in [6, 6.07) is 0. The Labute approximate surface area is 106 Å². The van der Waals surface area contributed by atoms with Crippen LogP contribution in [0.3, 0.4) is 0 Å². The normalized spacial score (nSPS) is 18.9. The number of halogens is 3. The van der Waals surface area contributed by atoms with Gasteiger partial charge in [-0.25, -0.2) is 0 Å². The van der Waals surface area contributed by atoms with Crippen LogP contribution in [0.4, 0.5) is 12.9 Å². The lowest BCUT2D eigenvalue weighted by Crippen LogP contribution is -2.42. The SMILES string of the molecule is COC(=O)CCCC1CCN(C[B-](F)(F)F)CC1. The summed E-state index contributed by atoms with van der Waals surface area (Å²) in [4.78, 5) is 12.4. The van der Waals surface area contributed by atoms with Gasteiger partial charge in [0.05, 0.1) is 7.11 Å². The van der Waals surface area contributed by atoms with E-state index in [2.05, 4.69) is 4.74 Å². The Kier molecular flexibility index (Phi) is 5.98. The van der Waals surface area contributed by atoms with E-state index in [1.165, 1.54) is 12.0 Å². The van der Waals surface area contributed by atoms with Gasteiger partial charge in [0.15, 0.2) is 0 Å². The second-order valence-electron chi connectivity index (χ2n) is 4.92. The smallest absolute Gasteiger partial charge is 0.469 e. The number of likely N-dealkylation sites (tertiary alicyclic amines) is 1. The fourth-order valence-corrected chi connectivity index (χ4v) is 2.39. The highest BCUT2D eigenvalue weighted by molar-refractivity contribution is 6.58.